The molecule has 3 N–H and O–H groups in total. The van der Waals surface area contributed by atoms with E-state index in [1.165, 1.54) is 0 Å². The van der Waals surface area contributed by atoms with Gasteiger partial charge in [-0.3, -0.25) is 9.52 Å². The SMILES string of the molecule is COc1ccc(C(NC[C@H](O[SiH2]C)c2ccc(OCc3ccccc3)c(NS(C)(=O)=O)c2)C(C(=O)O)c2ccccc2)cc1. The van der Waals surface area contributed by atoms with Gasteiger partial charge in [-0.25, -0.2) is 8.42 Å². The van der Waals surface area contributed by atoms with E-state index in [4.69, 9.17) is 13.9 Å². The maximum atomic E-state index is 12.7. The third kappa shape index (κ3) is 9.17. The van der Waals surface area contributed by atoms with Crippen molar-refractivity contribution in [3.63, 3.8) is 0 Å². The van der Waals surface area contributed by atoms with E-state index < -0.39 is 43.8 Å². The summed E-state index contributed by atoms with van der Waals surface area (Å²) in [6.07, 6.45) is 0.616. The Hall–Kier alpha value is -4.16. The fraction of sp³-hybridized carbons (Fsp3) is 0.242. The van der Waals surface area contributed by atoms with Crippen molar-refractivity contribution in [3.05, 3.63) is 125 Å². The molecule has 0 aliphatic rings. The third-order valence-corrected chi connectivity index (χ3v) is 8.36. The van der Waals surface area contributed by atoms with E-state index in [1.54, 1.807) is 43.5 Å². The molecule has 9 nitrogen and oxygen atoms in total. The van der Waals surface area contributed by atoms with Crippen LogP contribution in [0.2, 0.25) is 6.55 Å². The zero-order valence-corrected chi connectivity index (χ0v) is 27.2. The van der Waals surface area contributed by atoms with E-state index in [1.807, 2.05) is 73.3 Å². The molecule has 0 saturated heterocycles. The highest BCUT2D eigenvalue weighted by molar-refractivity contribution is 7.92. The van der Waals surface area contributed by atoms with Crippen LogP contribution in [-0.4, -0.2) is 49.2 Å². The van der Waals surface area contributed by atoms with Crippen LogP contribution in [0.5, 0.6) is 11.5 Å². The number of nitrogens with one attached hydrogen (secondary N) is 2. The number of anilines is 1. The van der Waals surface area contributed by atoms with Crippen LogP contribution >= 0.6 is 0 Å². The number of carboxylic acid groups (broad SMARTS) is 1. The Balaban J connectivity index is 1.65. The number of hydrogen-bond donors (Lipinski definition) is 3. The standard InChI is InChI=1S/C33H38N2O7SSi/c1-40-27-17-14-25(15-18-27)32(31(33(36)37)24-12-8-5-9-13-24)34-21-30(42-44-3)26-16-19-29(28(20-26)35-43(2,38)39)41-22-23-10-6-4-7-11-23/h4-20,30-32,34-35H,21-22,44H2,1-3H3,(H,36,37)/t30-,31?,32?/m0/s1. The number of benzene rings is 4. The summed E-state index contributed by atoms with van der Waals surface area (Å²) in [6.45, 7) is 2.54. The first-order chi connectivity index (χ1) is 21.2. The first kappa shape index (κ1) is 32.7. The van der Waals surface area contributed by atoms with Crippen LogP contribution < -0.4 is 19.5 Å². The van der Waals surface area contributed by atoms with Gasteiger partial charge in [0.15, 0.2) is 9.76 Å². The van der Waals surface area contributed by atoms with E-state index in [2.05, 4.69) is 10.0 Å². The Bertz CT molecular complexity index is 1600. The molecule has 0 aromatic heterocycles. The van der Waals surface area contributed by atoms with E-state index in [9.17, 15) is 18.3 Å². The lowest BCUT2D eigenvalue weighted by molar-refractivity contribution is -0.139. The third-order valence-electron chi connectivity index (χ3n) is 7.03. The molecule has 0 aliphatic carbocycles. The molecule has 232 valence electrons. The molecule has 3 atom stereocenters. The molecular weight excluding hydrogens is 597 g/mol. The van der Waals surface area contributed by atoms with E-state index >= 15 is 0 Å². The lowest BCUT2D eigenvalue weighted by Crippen LogP contribution is -2.35. The van der Waals surface area contributed by atoms with Gasteiger partial charge in [0.05, 0.1) is 25.2 Å². The molecule has 0 saturated carbocycles. The highest BCUT2D eigenvalue weighted by Crippen LogP contribution is 2.35. The predicted octanol–water partition coefficient (Wildman–Crippen LogP) is 5.03. The number of sulfonamides is 1. The quantitative estimate of drug-likeness (QED) is 0.147. The molecule has 0 bridgehead atoms. The van der Waals surface area contributed by atoms with Gasteiger partial charge in [-0.05, 0) is 46.5 Å². The number of aliphatic carboxylic acids is 1. The molecule has 44 heavy (non-hydrogen) atoms. The van der Waals surface area contributed by atoms with Crippen molar-refractivity contribution in [2.24, 2.45) is 0 Å². The smallest absolute Gasteiger partial charge is 0.312 e. The molecule has 0 radical (unpaired) electrons. The van der Waals surface area contributed by atoms with Gasteiger partial charge in [-0.15, -0.1) is 0 Å². The molecule has 0 fully saturated rings. The summed E-state index contributed by atoms with van der Waals surface area (Å²) in [6, 6.07) is 30.7. The lowest BCUT2D eigenvalue weighted by Gasteiger charge is -2.29. The van der Waals surface area contributed by atoms with Gasteiger partial charge in [0.25, 0.3) is 0 Å². The number of carboxylic acids is 1. The van der Waals surface area contributed by atoms with Crippen molar-refractivity contribution in [2.45, 2.75) is 31.2 Å². The minimum atomic E-state index is -3.61. The zero-order valence-electron chi connectivity index (χ0n) is 25.0. The molecule has 0 heterocycles. The summed E-state index contributed by atoms with van der Waals surface area (Å²) < 4.78 is 44.6. The average molecular weight is 635 g/mol. The van der Waals surface area contributed by atoms with Crippen molar-refractivity contribution < 1.29 is 32.2 Å². The first-order valence-corrected chi connectivity index (χ1v) is 18.1. The summed E-state index contributed by atoms with van der Waals surface area (Å²) in [7, 11) is -2.95. The Morgan fingerprint density at radius 3 is 2.11 bits per heavy atom. The minimum absolute atomic E-state index is 0.265. The van der Waals surface area contributed by atoms with Crippen LogP contribution in [0.1, 0.15) is 40.3 Å². The zero-order chi connectivity index (χ0) is 31.5. The fourth-order valence-electron chi connectivity index (χ4n) is 4.97. The number of rotatable bonds is 16. The van der Waals surface area contributed by atoms with E-state index in [0.717, 1.165) is 22.9 Å². The second kappa shape index (κ2) is 15.5. The van der Waals surface area contributed by atoms with Gasteiger partial charge in [0.2, 0.25) is 10.0 Å². The summed E-state index contributed by atoms with van der Waals surface area (Å²) in [5.74, 6) is -0.806. The van der Waals surface area contributed by atoms with Crippen molar-refractivity contribution in [1.29, 1.82) is 0 Å². The maximum Gasteiger partial charge on any atom is 0.312 e. The van der Waals surface area contributed by atoms with Gasteiger partial charge < -0.3 is 24.3 Å². The Labute approximate surface area is 261 Å². The molecular formula is C33H38N2O7SSi. The summed E-state index contributed by atoms with van der Waals surface area (Å²) in [4.78, 5) is 12.7. The fourth-order valence-corrected chi connectivity index (χ4v) is 6.25. The van der Waals surface area contributed by atoms with Crippen molar-refractivity contribution in [2.75, 3.05) is 24.6 Å². The molecule has 4 rings (SSSR count). The van der Waals surface area contributed by atoms with Gasteiger partial charge >= 0.3 is 5.97 Å². The Kier molecular flexibility index (Phi) is 11.6. The number of ether oxygens (including phenoxy) is 2. The van der Waals surface area contributed by atoms with E-state index in [0.29, 0.717) is 22.7 Å². The van der Waals surface area contributed by atoms with Crippen LogP contribution in [0.4, 0.5) is 5.69 Å². The monoisotopic (exact) mass is 634 g/mol. The normalized spacial score (nSPS) is 13.7. The predicted molar refractivity (Wildman–Crippen MR) is 174 cm³/mol. The van der Waals surface area contributed by atoms with Crippen LogP contribution in [0.25, 0.3) is 0 Å². The minimum Gasteiger partial charge on any atom is -0.497 e. The highest BCUT2D eigenvalue weighted by Gasteiger charge is 2.32. The highest BCUT2D eigenvalue weighted by atomic mass is 32.2. The number of carbonyl (C=O) groups is 1. The number of hydrogen-bond acceptors (Lipinski definition) is 7. The van der Waals surface area contributed by atoms with Gasteiger partial charge in [-0.2, -0.15) is 0 Å². The van der Waals surface area contributed by atoms with Crippen molar-refractivity contribution in [1.82, 2.24) is 5.32 Å². The molecule has 4 aromatic carbocycles. The summed E-state index contributed by atoms with van der Waals surface area (Å²) >= 11 is 0. The van der Waals surface area contributed by atoms with Gasteiger partial charge in [-0.1, -0.05) is 85.4 Å². The summed E-state index contributed by atoms with van der Waals surface area (Å²) in [5, 5.41) is 13.9. The van der Waals surface area contributed by atoms with Gasteiger partial charge in [0.1, 0.15) is 24.0 Å². The van der Waals surface area contributed by atoms with Gasteiger partial charge in [0, 0.05) is 12.6 Å². The van der Waals surface area contributed by atoms with Crippen LogP contribution in [0, 0.1) is 0 Å². The average Bonchev–Trinajstić information content (AvgIpc) is 3.02. The maximum absolute atomic E-state index is 12.7. The van der Waals surface area contributed by atoms with Crippen LogP contribution in [0.3, 0.4) is 0 Å². The molecule has 0 spiro atoms. The largest absolute Gasteiger partial charge is 0.497 e. The van der Waals surface area contributed by atoms with E-state index in [-0.39, 0.29) is 13.2 Å². The molecule has 0 amide bonds. The lowest BCUT2D eigenvalue weighted by atomic mass is 9.86. The summed E-state index contributed by atoms with van der Waals surface area (Å²) in [5.41, 5.74) is 3.41. The molecule has 0 aliphatic heterocycles. The Morgan fingerprint density at radius 1 is 0.886 bits per heavy atom. The van der Waals surface area contributed by atoms with Crippen molar-refractivity contribution in [3.8, 4) is 11.5 Å². The Morgan fingerprint density at radius 2 is 1.52 bits per heavy atom. The second-order valence-corrected chi connectivity index (χ2v) is 12.9. The topological polar surface area (TPSA) is 123 Å². The molecule has 2 unspecified atom stereocenters. The molecule has 11 heteroatoms. The molecule has 4 aromatic rings. The first-order valence-electron chi connectivity index (χ1n) is 14.2. The second-order valence-electron chi connectivity index (χ2n) is 10.2. The van der Waals surface area contributed by atoms with Crippen LogP contribution in [-0.2, 0) is 25.9 Å². The van der Waals surface area contributed by atoms with Crippen LogP contribution in [0.15, 0.2) is 103 Å². The van der Waals surface area contributed by atoms with Crippen molar-refractivity contribution >= 4 is 31.4 Å². The number of methoxy groups -OCH3 is 1.